The zero-order valence-electron chi connectivity index (χ0n) is 8.33. The fraction of sp³-hybridized carbons (Fsp3) is 0.455. The van der Waals surface area contributed by atoms with E-state index in [1.54, 1.807) is 12.1 Å². The third-order valence-electron chi connectivity index (χ3n) is 2.88. The SMILES string of the molecule is N#CC1(c2cccc(F)n2)CCNCC1. The van der Waals surface area contributed by atoms with E-state index in [2.05, 4.69) is 16.4 Å². The molecule has 1 aromatic rings. The van der Waals surface area contributed by atoms with Crippen molar-refractivity contribution in [1.82, 2.24) is 10.3 Å². The highest BCUT2D eigenvalue weighted by Gasteiger charge is 2.35. The van der Waals surface area contributed by atoms with Crippen molar-refractivity contribution in [3.05, 3.63) is 29.8 Å². The van der Waals surface area contributed by atoms with Gasteiger partial charge in [-0.05, 0) is 38.1 Å². The number of rotatable bonds is 1. The molecule has 1 aliphatic heterocycles. The molecule has 0 atom stereocenters. The molecule has 78 valence electrons. The number of pyridine rings is 1. The van der Waals surface area contributed by atoms with Crippen molar-refractivity contribution in [3.63, 3.8) is 0 Å². The van der Waals surface area contributed by atoms with Crippen molar-refractivity contribution in [1.29, 1.82) is 5.26 Å². The van der Waals surface area contributed by atoms with Gasteiger partial charge in [0.15, 0.2) is 0 Å². The number of nitriles is 1. The number of nitrogens with one attached hydrogen (secondary N) is 1. The Morgan fingerprint density at radius 3 is 2.73 bits per heavy atom. The molecule has 0 bridgehead atoms. The highest BCUT2D eigenvalue weighted by Crippen LogP contribution is 2.31. The van der Waals surface area contributed by atoms with Crippen molar-refractivity contribution in [2.75, 3.05) is 13.1 Å². The molecular weight excluding hydrogens is 193 g/mol. The van der Waals surface area contributed by atoms with Gasteiger partial charge in [-0.1, -0.05) is 6.07 Å². The van der Waals surface area contributed by atoms with Crippen LogP contribution in [0.4, 0.5) is 4.39 Å². The van der Waals surface area contributed by atoms with Crippen molar-refractivity contribution >= 4 is 0 Å². The molecule has 1 saturated heterocycles. The Labute approximate surface area is 87.9 Å². The van der Waals surface area contributed by atoms with E-state index < -0.39 is 11.4 Å². The largest absolute Gasteiger partial charge is 0.317 e. The van der Waals surface area contributed by atoms with E-state index in [4.69, 9.17) is 0 Å². The predicted octanol–water partition coefficient (Wildman–Crippen LogP) is 1.37. The molecule has 0 amide bonds. The second-order valence-corrected chi connectivity index (χ2v) is 3.79. The van der Waals surface area contributed by atoms with Crippen LogP contribution in [0.25, 0.3) is 0 Å². The number of hydrogen-bond acceptors (Lipinski definition) is 3. The predicted molar refractivity (Wildman–Crippen MR) is 53.6 cm³/mol. The smallest absolute Gasteiger partial charge is 0.213 e. The summed E-state index contributed by atoms with van der Waals surface area (Å²) in [6, 6.07) is 6.94. The van der Waals surface area contributed by atoms with Crippen LogP contribution in [0.3, 0.4) is 0 Å². The van der Waals surface area contributed by atoms with Gasteiger partial charge in [0, 0.05) is 0 Å². The molecule has 15 heavy (non-hydrogen) atoms. The molecule has 0 unspecified atom stereocenters. The van der Waals surface area contributed by atoms with Gasteiger partial charge >= 0.3 is 0 Å². The van der Waals surface area contributed by atoms with Gasteiger partial charge in [0.05, 0.1) is 11.8 Å². The minimum absolute atomic E-state index is 0.513. The summed E-state index contributed by atoms with van der Waals surface area (Å²) in [6.07, 6.45) is 1.39. The van der Waals surface area contributed by atoms with Crippen LogP contribution in [-0.4, -0.2) is 18.1 Å². The lowest BCUT2D eigenvalue weighted by molar-refractivity contribution is 0.370. The Morgan fingerprint density at radius 2 is 2.13 bits per heavy atom. The van der Waals surface area contributed by atoms with Crippen LogP contribution >= 0.6 is 0 Å². The minimum atomic E-state index is -0.604. The molecule has 2 heterocycles. The van der Waals surface area contributed by atoms with Crippen LogP contribution in [0.15, 0.2) is 18.2 Å². The van der Waals surface area contributed by atoms with Gasteiger partial charge in [-0.15, -0.1) is 0 Å². The van der Waals surface area contributed by atoms with Gasteiger partial charge in [0.25, 0.3) is 0 Å². The van der Waals surface area contributed by atoms with Crippen LogP contribution < -0.4 is 5.32 Å². The first-order valence-electron chi connectivity index (χ1n) is 5.02. The molecule has 0 aliphatic carbocycles. The Hall–Kier alpha value is -1.47. The molecule has 1 N–H and O–H groups in total. The third-order valence-corrected chi connectivity index (χ3v) is 2.88. The normalized spacial score (nSPS) is 19.5. The second-order valence-electron chi connectivity index (χ2n) is 3.79. The molecule has 0 saturated carbocycles. The fourth-order valence-electron chi connectivity index (χ4n) is 1.95. The summed E-state index contributed by atoms with van der Waals surface area (Å²) in [4.78, 5) is 3.82. The van der Waals surface area contributed by atoms with Crippen molar-refractivity contribution in [2.45, 2.75) is 18.3 Å². The van der Waals surface area contributed by atoms with E-state index >= 15 is 0 Å². The van der Waals surface area contributed by atoms with Gasteiger partial charge in [0.2, 0.25) is 5.95 Å². The Balaban J connectivity index is 2.37. The molecular formula is C11H12FN3. The van der Waals surface area contributed by atoms with E-state index in [0.29, 0.717) is 18.5 Å². The monoisotopic (exact) mass is 205 g/mol. The van der Waals surface area contributed by atoms with Crippen LogP contribution in [-0.2, 0) is 5.41 Å². The lowest BCUT2D eigenvalue weighted by atomic mass is 9.77. The van der Waals surface area contributed by atoms with Gasteiger partial charge in [0.1, 0.15) is 5.41 Å². The summed E-state index contributed by atoms with van der Waals surface area (Å²) in [5.41, 5.74) is -0.0422. The first-order valence-corrected chi connectivity index (χ1v) is 5.02. The Bertz CT molecular complexity index is 391. The lowest BCUT2D eigenvalue weighted by Crippen LogP contribution is -2.39. The average molecular weight is 205 g/mol. The van der Waals surface area contributed by atoms with Crippen LogP contribution in [0.2, 0.25) is 0 Å². The molecule has 1 aromatic heterocycles. The molecule has 4 heteroatoms. The minimum Gasteiger partial charge on any atom is -0.317 e. The first kappa shape index (κ1) is 10.1. The molecule has 2 rings (SSSR count). The van der Waals surface area contributed by atoms with Crippen molar-refractivity contribution in [3.8, 4) is 6.07 Å². The van der Waals surface area contributed by atoms with Crippen molar-refractivity contribution < 1.29 is 4.39 Å². The maximum absolute atomic E-state index is 13.0. The summed E-state index contributed by atoms with van der Waals surface area (Å²) in [7, 11) is 0. The first-order chi connectivity index (χ1) is 7.27. The van der Waals surface area contributed by atoms with E-state index in [9.17, 15) is 9.65 Å². The Kier molecular flexibility index (Phi) is 2.65. The molecule has 1 fully saturated rings. The topological polar surface area (TPSA) is 48.7 Å². The van der Waals surface area contributed by atoms with Gasteiger partial charge < -0.3 is 5.32 Å². The fourth-order valence-corrected chi connectivity index (χ4v) is 1.95. The zero-order valence-corrected chi connectivity index (χ0v) is 8.33. The number of nitrogens with zero attached hydrogens (tertiary/aromatic N) is 2. The molecule has 0 spiro atoms. The summed E-state index contributed by atoms with van der Waals surface area (Å²) in [5, 5.41) is 12.4. The summed E-state index contributed by atoms with van der Waals surface area (Å²) in [5.74, 6) is -0.513. The highest BCUT2D eigenvalue weighted by atomic mass is 19.1. The molecule has 1 aliphatic rings. The zero-order chi connectivity index (χ0) is 10.7. The van der Waals surface area contributed by atoms with E-state index in [0.717, 1.165) is 13.1 Å². The highest BCUT2D eigenvalue weighted by molar-refractivity contribution is 5.27. The molecule has 0 radical (unpaired) electrons. The van der Waals surface area contributed by atoms with Crippen molar-refractivity contribution in [2.24, 2.45) is 0 Å². The number of hydrogen-bond donors (Lipinski definition) is 1. The molecule has 0 aromatic carbocycles. The second kappa shape index (κ2) is 3.95. The van der Waals surface area contributed by atoms with E-state index in [1.807, 2.05) is 0 Å². The maximum atomic E-state index is 13.0. The number of aromatic nitrogens is 1. The molecule has 3 nitrogen and oxygen atoms in total. The van der Waals surface area contributed by atoms with Crippen LogP contribution in [0, 0.1) is 17.3 Å². The van der Waals surface area contributed by atoms with E-state index in [-0.39, 0.29) is 0 Å². The summed E-state index contributed by atoms with van der Waals surface area (Å²) >= 11 is 0. The van der Waals surface area contributed by atoms with E-state index in [1.165, 1.54) is 6.07 Å². The van der Waals surface area contributed by atoms with Crippen LogP contribution in [0.1, 0.15) is 18.5 Å². The summed E-state index contributed by atoms with van der Waals surface area (Å²) in [6.45, 7) is 1.57. The van der Waals surface area contributed by atoms with Gasteiger partial charge in [-0.25, -0.2) is 4.98 Å². The standard InChI is InChI=1S/C11H12FN3/c12-10-3-1-2-9(15-10)11(8-13)4-6-14-7-5-11/h1-3,14H,4-7H2. The van der Waals surface area contributed by atoms with Crippen LogP contribution in [0.5, 0.6) is 0 Å². The number of halogens is 1. The lowest BCUT2D eigenvalue weighted by Gasteiger charge is -2.30. The Morgan fingerprint density at radius 1 is 1.40 bits per heavy atom. The van der Waals surface area contributed by atoms with Gasteiger partial charge in [-0.3, -0.25) is 0 Å². The average Bonchev–Trinajstić information content (AvgIpc) is 2.30. The van der Waals surface area contributed by atoms with Gasteiger partial charge in [-0.2, -0.15) is 9.65 Å². The third kappa shape index (κ3) is 1.83. The maximum Gasteiger partial charge on any atom is 0.213 e. The summed E-state index contributed by atoms with van der Waals surface area (Å²) < 4.78 is 13.0. The quantitative estimate of drug-likeness (QED) is 0.704. The number of piperidine rings is 1.